The second-order valence-electron chi connectivity index (χ2n) is 18.7. The fourth-order valence-electron chi connectivity index (χ4n) is 7.77. The van der Waals surface area contributed by atoms with Gasteiger partial charge < -0.3 is 50.9 Å². The van der Waals surface area contributed by atoms with Gasteiger partial charge in [-0.3, -0.25) is 32.5 Å². The molecule has 418 valence electrons. The molecule has 2 aromatic heterocycles. The summed E-state index contributed by atoms with van der Waals surface area (Å²) in [6.45, 7) is 2.83. The lowest BCUT2D eigenvalue weighted by molar-refractivity contribution is -0.137. The number of anilines is 1. The summed E-state index contributed by atoms with van der Waals surface area (Å²) < 4.78 is 62.5. The minimum atomic E-state index is -5.58. The normalized spacial score (nSPS) is 19.5. The number of nitrogens with zero attached hydrogens (tertiary/aromatic N) is 4. The predicted molar refractivity (Wildman–Crippen MR) is 274 cm³/mol. The second-order valence-corrected chi connectivity index (χ2v) is 24.1. The van der Waals surface area contributed by atoms with Gasteiger partial charge in [0.1, 0.15) is 36.3 Å². The molecule has 0 aliphatic carbocycles. The van der Waals surface area contributed by atoms with E-state index < -0.39 is 84.6 Å². The minimum Gasteiger partial charge on any atom is -0.386 e. The molecule has 3 heterocycles. The van der Waals surface area contributed by atoms with E-state index in [4.69, 9.17) is 19.5 Å². The van der Waals surface area contributed by atoms with Crippen molar-refractivity contribution in [1.29, 1.82) is 0 Å². The van der Waals surface area contributed by atoms with Crippen LogP contribution >= 0.6 is 35.2 Å². The zero-order valence-electron chi connectivity index (χ0n) is 42.4. The summed E-state index contributed by atoms with van der Waals surface area (Å²) in [6, 6.07) is 0. The smallest absolute Gasteiger partial charge is 0.386 e. The molecule has 24 nitrogen and oxygen atoms in total. The fraction of sp³-hybridized carbons (Fsp3) is 0.778. The first-order chi connectivity index (χ1) is 34.6. The largest absolute Gasteiger partial charge is 0.481 e. The van der Waals surface area contributed by atoms with E-state index >= 15 is 0 Å². The lowest BCUT2D eigenvalue weighted by Gasteiger charge is -2.30. The number of fused-ring (bicyclic) bond motifs is 1. The number of hydrogen-bond donors (Lipinski definition) is 9. The molecule has 10 N–H and O–H groups in total. The van der Waals surface area contributed by atoms with Crippen molar-refractivity contribution in [2.45, 2.75) is 186 Å². The average molecular weight is 1120 g/mol. The molecule has 0 radical (unpaired) electrons. The van der Waals surface area contributed by atoms with E-state index in [1.165, 1.54) is 117 Å². The summed E-state index contributed by atoms with van der Waals surface area (Å²) in [5.41, 5.74) is 4.29. The number of ether oxygens (including phenoxy) is 1. The van der Waals surface area contributed by atoms with E-state index in [1.807, 2.05) is 0 Å². The van der Waals surface area contributed by atoms with Crippen molar-refractivity contribution in [3.05, 3.63) is 24.8 Å². The number of thioether (sulfide) groups is 1. The molecule has 28 heteroatoms. The van der Waals surface area contributed by atoms with Crippen LogP contribution in [0.4, 0.5) is 5.82 Å². The summed E-state index contributed by atoms with van der Waals surface area (Å²) in [7, 11) is -16.4. The monoisotopic (exact) mass is 1120 g/mol. The van der Waals surface area contributed by atoms with Crippen LogP contribution in [-0.2, 0) is 50.7 Å². The molecule has 1 aliphatic rings. The van der Waals surface area contributed by atoms with Crippen LogP contribution in [-0.4, -0.2) is 123 Å². The van der Waals surface area contributed by atoms with Crippen LogP contribution in [0.15, 0.2) is 24.8 Å². The van der Waals surface area contributed by atoms with Crippen LogP contribution in [0.5, 0.6) is 0 Å². The molecule has 0 bridgehead atoms. The predicted octanol–water partition coefficient (Wildman–Crippen LogP) is 7.04. The van der Waals surface area contributed by atoms with Crippen LogP contribution < -0.4 is 16.4 Å². The first-order valence-electron chi connectivity index (χ1n) is 25.3. The molecule has 3 rings (SSSR count). The Kier molecular flexibility index (Phi) is 29.6. The number of aliphatic hydroxyl groups is 2. The number of unbranched alkanes of at least 4 members (excludes halogenated alkanes) is 17. The maximum Gasteiger partial charge on any atom is 0.481 e. The zero-order chi connectivity index (χ0) is 53.9. The molecule has 1 fully saturated rings. The summed E-state index contributed by atoms with van der Waals surface area (Å²) >= 11 is 1.16. The average Bonchev–Trinajstić information content (AvgIpc) is 3.88. The van der Waals surface area contributed by atoms with Gasteiger partial charge in [0, 0.05) is 37.1 Å². The number of nitrogens with two attached hydrogens (primary N) is 1. The lowest BCUT2D eigenvalue weighted by atomic mass is 9.87. The number of aromatic nitrogens is 4. The van der Waals surface area contributed by atoms with Gasteiger partial charge in [0.25, 0.3) is 0 Å². The molecular weight excluding hydrogens is 1040 g/mol. The van der Waals surface area contributed by atoms with Crippen molar-refractivity contribution in [2.24, 2.45) is 5.41 Å². The first-order valence-corrected chi connectivity index (χ1v) is 30.8. The van der Waals surface area contributed by atoms with Gasteiger partial charge in [-0.2, -0.15) is 4.31 Å². The Labute approximate surface area is 432 Å². The van der Waals surface area contributed by atoms with Crippen molar-refractivity contribution in [3.63, 3.8) is 0 Å². The van der Waals surface area contributed by atoms with E-state index in [1.54, 1.807) is 0 Å². The molecule has 2 aromatic rings. The molecule has 1 saturated heterocycles. The van der Waals surface area contributed by atoms with E-state index in [0.29, 0.717) is 12.2 Å². The number of allylic oxidation sites excluding steroid dienone is 2. The third kappa shape index (κ3) is 25.8. The van der Waals surface area contributed by atoms with Gasteiger partial charge in [0.15, 0.2) is 22.8 Å². The fourth-order valence-corrected chi connectivity index (χ4v) is 11.3. The number of phosphoric ester groups is 3. The maximum atomic E-state index is 12.8. The van der Waals surface area contributed by atoms with Crippen LogP contribution in [0.25, 0.3) is 11.2 Å². The highest BCUT2D eigenvalue weighted by atomic mass is 32.2. The van der Waals surface area contributed by atoms with Gasteiger partial charge in [-0.25, -0.2) is 28.6 Å². The van der Waals surface area contributed by atoms with Crippen molar-refractivity contribution < 1.29 is 80.5 Å². The Balaban J connectivity index is 1.23. The highest BCUT2D eigenvalue weighted by Crippen LogP contribution is 2.61. The number of nitrogen functional groups attached to an aromatic ring is 1. The topological polar surface area (TPSA) is 364 Å². The first kappa shape index (κ1) is 64.6. The Morgan fingerprint density at radius 1 is 0.822 bits per heavy atom. The number of aliphatic hydroxyl groups excluding tert-OH is 2. The molecule has 0 saturated carbocycles. The number of imidazole rings is 1. The van der Waals surface area contributed by atoms with Gasteiger partial charge >= 0.3 is 23.5 Å². The summed E-state index contributed by atoms with van der Waals surface area (Å²) in [4.78, 5) is 88.6. The van der Waals surface area contributed by atoms with Crippen molar-refractivity contribution in [1.82, 2.24) is 30.2 Å². The summed E-state index contributed by atoms with van der Waals surface area (Å²) in [5.74, 6) is -1.02. The van der Waals surface area contributed by atoms with E-state index in [0.717, 1.165) is 48.2 Å². The Bertz CT molecular complexity index is 2150. The molecule has 7 atom stereocenters. The standard InChI is InChI=1S/C45H80N7O17P3S/c1-4-5-6-7-8-9-10-11-12-13-14-15-16-17-18-19-20-21-22-23-24-25-36(54)73-29-28-47-35(53)26-27-48-43(57)40(56)45(2,3)31-66-72(63,64)69-71(61,62)65-30-34-39(68-70(58,59)60)38(55)44(67-34)52-33-51-37-41(46)49-32-50-42(37)52/h11-12,32-34,38-40,44,55-56H,4-10,13-31H2,1-3H3,(H,47,53)(H,48,57)(H,61,62)(H,63,64)(H2,46,49,50)(H2,58,59,60)/b12-11-/t34-,38-,39-,40-,44-/m1/s1. The molecule has 2 amide bonds. The zero-order valence-corrected chi connectivity index (χ0v) is 45.9. The van der Waals surface area contributed by atoms with Crippen LogP contribution in [0.2, 0.25) is 0 Å². The Hall–Kier alpha value is -2.70. The number of phosphoric acid groups is 3. The quantitative estimate of drug-likeness (QED) is 0.0183. The molecule has 1 aliphatic heterocycles. The number of nitrogens with one attached hydrogen (secondary N) is 2. The van der Waals surface area contributed by atoms with Crippen LogP contribution in [0.1, 0.15) is 162 Å². The van der Waals surface area contributed by atoms with Crippen molar-refractivity contribution in [3.8, 4) is 0 Å². The number of rotatable bonds is 40. The molecule has 0 aromatic carbocycles. The van der Waals surface area contributed by atoms with Crippen LogP contribution in [0, 0.1) is 5.41 Å². The maximum absolute atomic E-state index is 12.8. The van der Waals surface area contributed by atoms with E-state index in [9.17, 15) is 57.9 Å². The molecular formula is C45H80N7O17P3S. The highest BCUT2D eigenvalue weighted by Gasteiger charge is 2.50. The number of hydrogen-bond acceptors (Lipinski definition) is 18. The van der Waals surface area contributed by atoms with Gasteiger partial charge in [-0.05, 0) is 32.1 Å². The SMILES string of the molecule is CCCCCCCC/C=C\CCCCCCCCCCCCCC(=O)SCCNC(=O)CCNC(=O)[C@@H](O)C(C)(C)COP(=O)(O)OP(=O)(O)OC[C@H]1O[C@@H](n2cnc3c(N)ncnc32)[C@H](O)[C@@H]1OP(=O)(O)O. The third-order valence-corrected chi connectivity index (χ3v) is 15.9. The number of carbonyl (C=O) groups excluding carboxylic acids is 3. The van der Waals surface area contributed by atoms with Gasteiger partial charge in [0.05, 0.1) is 19.5 Å². The molecule has 2 unspecified atom stereocenters. The third-order valence-electron chi connectivity index (χ3n) is 11.9. The Morgan fingerprint density at radius 2 is 1.40 bits per heavy atom. The van der Waals surface area contributed by atoms with Gasteiger partial charge in [-0.1, -0.05) is 135 Å². The van der Waals surface area contributed by atoms with Gasteiger partial charge in [-0.15, -0.1) is 0 Å². The van der Waals surface area contributed by atoms with Crippen LogP contribution in [0.3, 0.4) is 0 Å². The van der Waals surface area contributed by atoms with E-state index in [-0.39, 0.29) is 41.6 Å². The minimum absolute atomic E-state index is 0.0339. The summed E-state index contributed by atoms with van der Waals surface area (Å²) in [6.07, 6.45) is 22.0. The van der Waals surface area contributed by atoms with Crippen molar-refractivity contribution >= 4 is 69.1 Å². The summed E-state index contributed by atoms with van der Waals surface area (Å²) in [5, 5.41) is 26.7. The number of carbonyl (C=O) groups is 3. The number of amides is 2. The van der Waals surface area contributed by atoms with Crippen molar-refractivity contribution in [2.75, 3.05) is 37.8 Å². The lowest BCUT2D eigenvalue weighted by Crippen LogP contribution is -2.46. The Morgan fingerprint density at radius 3 is 2.00 bits per heavy atom. The second kappa shape index (κ2) is 33.5. The molecule has 73 heavy (non-hydrogen) atoms. The molecule has 0 spiro atoms. The van der Waals surface area contributed by atoms with Gasteiger partial charge in [0.2, 0.25) is 11.8 Å². The highest BCUT2D eigenvalue weighted by molar-refractivity contribution is 8.13. The van der Waals surface area contributed by atoms with E-state index in [2.05, 4.69) is 53.5 Å².